The van der Waals surface area contributed by atoms with E-state index in [0.717, 1.165) is 61.1 Å². The number of nitrogens with zero attached hydrogens (tertiary/aromatic N) is 4. The van der Waals surface area contributed by atoms with Gasteiger partial charge in [-0.15, -0.1) is 34.0 Å². The van der Waals surface area contributed by atoms with Crippen molar-refractivity contribution >= 4 is 68.9 Å². The lowest BCUT2D eigenvalue weighted by Gasteiger charge is -2.41. The van der Waals surface area contributed by atoms with Crippen LogP contribution in [0.15, 0.2) is 83.1 Å². The van der Waals surface area contributed by atoms with Crippen LogP contribution in [0.1, 0.15) is 128 Å². The van der Waals surface area contributed by atoms with Crippen LogP contribution in [0.3, 0.4) is 0 Å². The minimum absolute atomic E-state index is 0.0510. The first-order chi connectivity index (χ1) is 28.9. The summed E-state index contributed by atoms with van der Waals surface area (Å²) < 4.78 is 0. The maximum atomic E-state index is 13.9. The van der Waals surface area contributed by atoms with Crippen molar-refractivity contribution in [3.63, 3.8) is 0 Å². The molecular formula is C50H32N4O2S3. The molecule has 6 aliphatic carbocycles. The van der Waals surface area contributed by atoms with Crippen molar-refractivity contribution < 1.29 is 9.59 Å². The number of carbonyl (C=O) groups is 2. The third-order valence-corrected chi connectivity index (χ3v) is 17.3. The van der Waals surface area contributed by atoms with Gasteiger partial charge in [0.15, 0.2) is 11.6 Å². The van der Waals surface area contributed by atoms with Gasteiger partial charge in [0.1, 0.15) is 17.7 Å². The van der Waals surface area contributed by atoms with Crippen LogP contribution in [0.5, 0.6) is 0 Å². The van der Waals surface area contributed by atoms with Crippen LogP contribution in [0.25, 0.3) is 47.7 Å². The van der Waals surface area contributed by atoms with Gasteiger partial charge in [0.05, 0.1) is 12.6 Å². The predicted octanol–water partition coefficient (Wildman–Crippen LogP) is 12.8. The summed E-state index contributed by atoms with van der Waals surface area (Å²) in [5, 5.41) is 29.9. The van der Waals surface area contributed by atoms with E-state index in [2.05, 4.69) is 35.2 Å². The van der Waals surface area contributed by atoms with Gasteiger partial charge >= 0.3 is 0 Å². The molecule has 3 heterocycles. The SMILES string of the molecule is [C-]#[N+]/C(C#N)=C1\C(=C/c2cc3c(s2)-c2sc4c(c2C32CCCCC2)C2(CCCCC2)c2cc(/C=C3\C(=O)c5ccccc5C3=C(C#N)C#N)sc2-4)C(=O)c2ccccc21. The molecule has 5 aromatic rings. The van der Waals surface area contributed by atoms with Crippen molar-refractivity contribution in [3.05, 3.63) is 149 Å². The topological polar surface area (TPSA) is 110 Å². The zero-order chi connectivity index (χ0) is 40.2. The third-order valence-electron chi connectivity index (χ3n) is 13.6. The number of carbonyl (C=O) groups excluding carboxylic acids is 2. The molecule has 0 radical (unpaired) electrons. The lowest BCUT2D eigenvalue weighted by Crippen LogP contribution is -2.34. The Morgan fingerprint density at radius 3 is 1.47 bits per heavy atom. The van der Waals surface area contributed by atoms with E-state index in [1.54, 1.807) is 34.8 Å². The van der Waals surface area contributed by atoms with Crippen LogP contribution in [-0.4, -0.2) is 11.6 Å². The van der Waals surface area contributed by atoms with Crippen LogP contribution in [0.2, 0.25) is 0 Å². The van der Waals surface area contributed by atoms with Crippen molar-refractivity contribution in [1.82, 2.24) is 0 Å². The Labute approximate surface area is 353 Å². The lowest BCUT2D eigenvalue weighted by molar-refractivity contribution is 0.103. The Kier molecular flexibility index (Phi) is 8.01. The molecule has 0 N–H and O–H groups in total. The van der Waals surface area contributed by atoms with Gasteiger partial charge in [0.25, 0.3) is 5.70 Å². The highest BCUT2D eigenvalue weighted by Gasteiger charge is 2.56. The van der Waals surface area contributed by atoms with Crippen molar-refractivity contribution in [3.8, 4) is 37.7 Å². The zero-order valence-corrected chi connectivity index (χ0v) is 34.3. The van der Waals surface area contributed by atoms with E-state index in [1.807, 2.05) is 59.9 Å². The van der Waals surface area contributed by atoms with Gasteiger partial charge in [-0.2, -0.15) is 10.5 Å². The van der Waals surface area contributed by atoms with E-state index in [-0.39, 0.29) is 33.7 Å². The normalized spacial score (nSPS) is 20.7. The Morgan fingerprint density at radius 1 is 0.593 bits per heavy atom. The van der Waals surface area contributed by atoms with Gasteiger partial charge in [-0.3, -0.25) is 9.59 Å². The molecule has 59 heavy (non-hydrogen) atoms. The minimum atomic E-state index is -0.158. The van der Waals surface area contributed by atoms with E-state index in [1.165, 1.54) is 54.6 Å². The largest absolute Gasteiger partial charge is 0.289 e. The van der Waals surface area contributed by atoms with Gasteiger partial charge in [-0.25, -0.2) is 10.1 Å². The monoisotopic (exact) mass is 816 g/mol. The molecule has 0 saturated heterocycles. The molecule has 2 fully saturated rings. The molecule has 2 aromatic carbocycles. The highest BCUT2D eigenvalue weighted by molar-refractivity contribution is 7.27. The lowest BCUT2D eigenvalue weighted by atomic mass is 9.61. The van der Waals surface area contributed by atoms with E-state index < -0.39 is 0 Å². The smallest absolute Gasteiger partial charge is 0.270 e. The Hall–Kier alpha value is -6.20. The third kappa shape index (κ3) is 4.79. The van der Waals surface area contributed by atoms with Crippen molar-refractivity contribution in [2.75, 3.05) is 0 Å². The standard InChI is InChI=1S/C50H32N4O2S3/c1-54-38(26-53)40-31-13-5-7-15-33(31)44(56)35(40)21-29-23-37-46(58-29)48-42(50(37)18-10-3-11-19-50)41-47(59-48)45-36(49(41)16-8-2-9-17-49)22-28(57-45)20-34-39(27(24-51)25-52)30-12-4-6-14-32(30)43(34)55/h4-7,12-15,20-23H,2-3,8-11,16-19H2/b34-20-,35-21+,40-38-. The number of allylic oxidation sites excluding steroid dienone is 6. The first kappa shape index (κ1) is 35.9. The number of hydrogen-bond donors (Lipinski definition) is 0. The van der Waals surface area contributed by atoms with Crippen LogP contribution in [0.4, 0.5) is 0 Å². The maximum absolute atomic E-state index is 13.9. The fourth-order valence-corrected chi connectivity index (χ4v) is 15.5. The molecule has 11 rings (SSSR count). The summed E-state index contributed by atoms with van der Waals surface area (Å²) in [4.78, 5) is 38.5. The first-order valence-corrected chi connectivity index (χ1v) is 22.6. The molecule has 9 heteroatoms. The predicted molar refractivity (Wildman–Crippen MR) is 233 cm³/mol. The molecule has 0 bridgehead atoms. The fraction of sp³-hybridized carbons (Fsp3) is 0.240. The van der Waals surface area contributed by atoms with Crippen LogP contribution in [-0.2, 0) is 10.8 Å². The number of thiophene rings is 3. The van der Waals surface area contributed by atoms with Crippen molar-refractivity contribution in [1.29, 1.82) is 15.8 Å². The summed E-state index contributed by atoms with van der Waals surface area (Å²) in [7, 11) is 0. The number of Topliss-reactive ketones (excluding diaryl/α,β-unsaturated/α-hetero) is 2. The summed E-state index contributed by atoms with van der Waals surface area (Å²) in [6, 6.07) is 25.3. The molecule has 282 valence electrons. The average molecular weight is 817 g/mol. The second-order valence-corrected chi connectivity index (χ2v) is 19.6. The quantitative estimate of drug-likeness (QED) is 0.100. The van der Waals surface area contributed by atoms with Gasteiger partial charge < -0.3 is 0 Å². The van der Waals surface area contributed by atoms with Gasteiger partial charge in [-0.05, 0) is 83.3 Å². The molecule has 6 nitrogen and oxygen atoms in total. The number of rotatable bonds is 2. The Bertz CT molecular complexity index is 2860. The van der Waals surface area contributed by atoms with E-state index in [0.29, 0.717) is 44.5 Å². The summed E-state index contributed by atoms with van der Waals surface area (Å²) in [6.45, 7) is 7.77. The number of fused-ring (bicyclic) bond motifs is 13. The molecular weight excluding hydrogens is 785 g/mol. The Morgan fingerprint density at radius 2 is 1.03 bits per heavy atom. The fourth-order valence-electron chi connectivity index (χ4n) is 11.3. The molecule has 0 aliphatic heterocycles. The Balaban J connectivity index is 1.09. The number of ketones is 2. The van der Waals surface area contributed by atoms with Crippen LogP contribution >= 0.6 is 34.0 Å². The molecule has 0 amide bonds. The molecule has 3 aromatic heterocycles. The van der Waals surface area contributed by atoms with Crippen molar-refractivity contribution in [2.45, 2.75) is 75.0 Å². The van der Waals surface area contributed by atoms with Gasteiger partial charge in [0.2, 0.25) is 0 Å². The number of nitriles is 3. The highest BCUT2D eigenvalue weighted by Crippen LogP contribution is 2.70. The summed E-state index contributed by atoms with van der Waals surface area (Å²) in [5.74, 6) is -0.310. The average Bonchev–Trinajstić information content (AvgIpc) is 4.13. The zero-order valence-electron chi connectivity index (χ0n) is 31.8. The molecule has 6 aliphatic rings. The first-order valence-electron chi connectivity index (χ1n) is 20.1. The summed E-state index contributed by atoms with van der Waals surface area (Å²) in [6.07, 6.45) is 15.2. The second kappa shape index (κ2) is 13.2. The van der Waals surface area contributed by atoms with E-state index >= 15 is 0 Å². The van der Waals surface area contributed by atoms with Gasteiger partial charge in [-0.1, -0.05) is 87.1 Å². The maximum Gasteiger partial charge on any atom is 0.270 e. The minimum Gasteiger partial charge on any atom is -0.289 e. The second-order valence-electron chi connectivity index (χ2n) is 16.4. The van der Waals surface area contributed by atoms with Gasteiger partial charge in [0, 0.05) is 73.5 Å². The summed E-state index contributed by atoms with van der Waals surface area (Å²) in [5.41, 5.74) is 9.44. The number of benzene rings is 2. The van der Waals surface area contributed by atoms with E-state index in [4.69, 9.17) is 6.57 Å². The van der Waals surface area contributed by atoms with Crippen LogP contribution in [0, 0.1) is 40.6 Å². The molecule has 0 atom stereocenters. The van der Waals surface area contributed by atoms with E-state index in [9.17, 15) is 25.4 Å². The highest BCUT2D eigenvalue weighted by atomic mass is 32.1. The number of hydrogen-bond acceptors (Lipinski definition) is 8. The summed E-state index contributed by atoms with van der Waals surface area (Å²) >= 11 is 5.36. The molecule has 0 unspecified atom stereocenters. The van der Waals surface area contributed by atoms with Crippen LogP contribution < -0.4 is 0 Å². The molecule has 2 spiro atoms. The van der Waals surface area contributed by atoms with Crippen molar-refractivity contribution in [2.24, 2.45) is 0 Å². The molecule has 2 saturated carbocycles.